The fourth-order valence-corrected chi connectivity index (χ4v) is 1.89. The molecule has 0 saturated heterocycles. The number of fused-ring (bicyclic) bond motifs is 1. The van der Waals surface area contributed by atoms with Crippen LogP contribution < -0.4 is 0 Å². The van der Waals surface area contributed by atoms with E-state index in [2.05, 4.69) is 30.4 Å². The number of aromatic nitrogens is 2. The zero-order valence-electron chi connectivity index (χ0n) is 8.17. The smallest absolute Gasteiger partial charge is 0.115 e. The molecule has 2 rings (SSSR count). The molecule has 1 aromatic rings. The van der Waals surface area contributed by atoms with Crippen LogP contribution in [-0.4, -0.2) is 9.97 Å². The van der Waals surface area contributed by atoms with Crippen molar-refractivity contribution in [3.8, 4) is 0 Å². The van der Waals surface area contributed by atoms with Gasteiger partial charge in [-0.25, -0.2) is 9.97 Å². The monoisotopic (exact) mass is 174 g/mol. The Morgan fingerprint density at radius 2 is 2.23 bits per heavy atom. The van der Waals surface area contributed by atoms with Gasteiger partial charge in [-0.15, -0.1) is 0 Å². The van der Waals surface area contributed by atoms with Gasteiger partial charge >= 0.3 is 0 Å². The third kappa shape index (κ3) is 1.37. The van der Waals surface area contributed by atoms with Crippen molar-refractivity contribution in [3.05, 3.63) is 35.4 Å². The Morgan fingerprint density at radius 3 is 2.85 bits per heavy atom. The first-order valence-corrected chi connectivity index (χ1v) is 4.63. The molecule has 2 nitrogen and oxygen atoms in total. The zero-order chi connectivity index (χ0) is 9.42. The highest BCUT2D eigenvalue weighted by Crippen LogP contribution is 2.30. The van der Waals surface area contributed by atoms with E-state index < -0.39 is 0 Å². The predicted molar refractivity (Wildman–Crippen MR) is 52.5 cm³/mol. The quantitative estimate of drug-likeness (QED) is 0.609. The van der Waals surface area contributed by atoms with Crippen LogP contribution in [0.25, 0.3) is 0 Å². The second-order valence-electron chi connectivity index (χ2n) is 3.84. The molecule has 0 N–H and O–H groups in total. The first-order valence-electron chi connectivity index (χ1n) is 4.63. The van der Waals surface area contributed by atoms with E-state index >= 15 is 0 Å². The third-order valence-electron chi connectivity index (χ3n) is 2.84. The van der Waals surface area contributed by atoms with Crippen molar-refractivity contribution in [2.45, 2.75) is 26.7 Å². The van der Waals surface area contributed by atoms with E-state index in [0.717, 1.165) is 18.5 Å². The highest BCUT2D eigenvalue weighted by molar-refractivity contribution is 5.31. The second kappa shape index (κ2) is 2.95. The van der Waals surface area contributed by atoms with Gasteiger partial charge < -0.3 is 0 Å². The largest absolute Gasteiger partial charge is 0.241 e. The maximum atomic E-state index is 4.30. The number of aryl methyl sites for hydroxylation is 1. The van der Waals surface area contributed by atoms with Crippen LogP contribution in [0.4, 0.5) is 0 Å². The molecule has 1 atom stereocenters. The number of nitrogens with zero attached hydrogens (tertiary/aromatic N) is 2. The van der Waals surface area contributed by atoms with Crippen LogP contribution >= 0.6 is 0 Å². The zero-order valence-corrected chi connectivity index (χ0v) is 8.17. The molecule has 13 heavy (non-hydrogen) atoms. The number of hydrogen-bond donors (Lipinski definition) is 0. The van der Waals surface area contributed by atoms with Gasteiger partial charge in [-0.2, -0.15) is 0 Å². The maximum absolute atomic E-state index is 4.30. The molecule has 0 unspecified atom stereocenters. The van der Waals surface area contributed by atoms with Crippen molar-refractivity contribution in [1.82, 2.24) is 9.97 Å². The van der Waals surface area contributed by atoms with Crippen LogP contribution in [0.1, 0.15) is 23.9 Å². The SMILES string of the molecule is C=C(C)[C@@H]1Cc2ncnc(C)c2C1. The molecule has 0 amide bonds. The lowest BCUT2D eigenvalue weighted by molar-refractivity contribution is 0.656. The molecule has 1 heterocycles. The minimum Gasteiger partial charge on any atom is -0.241 e. The van der Waals surface area contributed by atoms with E-state index in [1.54, 1.807) is 6.33 Å². The summed E-state index contributed by atoms with van der Waals surface area (Å²) >= 11 is 0. The molecule has 1 aliphatic carbocycles. The van der Waals surface area contributed by atoms with Crippen molar-refractivity contribution < 1.29 is 0 Å². The maximum Gasteiger partial charge on any atom is 0.115 e. The Labute approximate surface area is 78.7 Å². The molecule has 1 aromatic heterocycles. The fourth-order valence-electron chi connectivity index (χ4n) is 1.89. The summed E-state index contributed by atoms with van der Waals surface area (Å²) in [6, 6.07) is 0. The molecule has 1 aliphatic rings. The lowest BCUT2D eigenvalue weighted by Crippen LogP contribution is -1.99. The molecule has 0 aliphatic heterocycles. The topological polar surface area (TPSA) is 25.8 Å². The van der Waals surface area contributed by atoms with E-state index in [1.165, 1.54) is 16.8 Å². The Bertz CT molecular complexity index is 355. The number of allylic oxidation sites excluding steroid dienone is 1. The summed E-state index contributed by atoms with van der Waals surface area (Å²) in [5, 5.41) is 0. The molecule has 0 bridgehead atoms. The molecular weight excluding hydrogens is 160 g/mol. The van der Waals surface area contributed by atoms with E-state index in [0.29, 0.717) is 5.92 Å². The standard InChI is InChI=1S/C11H14N2/c1-7(2)9-4-10-8(3)12-6-13-11(10)5-9/h6,9H,1,4-5H2,2-3H3/t9-/m0/s1. The van der Waals surface area contributed by atoms with Gasteiger partial charge in [-0.1, -0.05) is 12.2 Å². The summed E-state index contributed by atoms with van der Waals surface area (Å²) in [7, 11) is 0. The minimum absolute atomic E-state index is 0.588. The minimum atomic E-state index is 0.588. The molecular formula is C11H14N2. The molecule has 0 fully saturated rings. The van der Waals surface area contributed by atoms with Gasteiger partial charge in [-0.3, -0.25) is 0 Å². The van der Waals surface area contributed by atoms with Crippen molar-refractivity contribution in [3.63, 3.8) is 0 Å². The van der Waals surface area contributed by atoms with E-state index in [-0.39, 0.29) is 0 Å². The lowest BCUT2D eigenvalue weighted by atomic mass is 9.99. The average Bonchev–Trinajstić information content (AvgIpc) is 2.49. The average molecular weight is 174 g/mol. The van der Waals surface area contributed by atoms with Crippen molar-refractivity contribution in [1.29, 1.82) is 0 Å². The Hall–Kier alpha value is -1.18. The molecule has 68 valence electrons. The molecule has 0 radical (unpaired) electrons. The van der Waals surface area contributed by atoms with Crippen LogP contribution in [0, 0.1) is 12.8 Å². The van der Waals surface area contributed by atoms with Crippen LogP contribution in [-0.2, 0) is 12.8 Å². The van der Waals surface area contributed by atoms with E-state index in [4.69, 9.17) is 0 Å². The van der Waals surface area contributed by atoms with Gasteiger partial charge in [0.2, 0.25) is 0 Å². The van der Waals surface area contributed by atoms with E-state index in [1.807, 2.05) is 0 Å². The summed E-state index contributed by atoms with van der Waals surface area (Å²) in [6.07, 6.45) is 3.79. The van der Waals surface area contributed by atoms with Gasteiger partial charge in [0.1, 0.15) is 6.33 Å². The van der Waals surface area contributed by atoms with Gasteiger partial charge in [0, 0.05) is 11.4 Å². The van der Waals surface area contributed by atoms with Gasteiger partial charge in [0.15, 0.2) is 0 Å². The second-order valence-corrected chi connectivity index (χ2v) is 3.84. The first-order chi connectivity index (χ1) is 6.18. The number of rotatable bonds is 1. The van der Waals surface area contributed by atoms with Crippen LogP contribution in [0.3, 0.4) is 0 Å². The van der Waals surface area contributed by atoms with Crippen LogP contribution in [0.15, 0.2) is 18.5 Å². The summed E-state index contributed by atoms with van der Waals surface area (Å²) in [4.78, 5) is 8.50. The molecule has 0 spiro atoms. The fraction of sp³-hybridized carbons (Fsp3) is 0.455. The Balaban J connectivity index is 2.35. The van der Waals surface area contributed by atoms with Crippen molar-refractivity contribution in [2.75, 3.05) is 0 Å². The van der Waals surface area contributed by atoms with Gasteiger partial charge in [0.05, 0.1) is 0 Å². The summed E-state index contributed by atoms with van der Waals surface area (Å²) in [5.74, 6) is 0.588. The molecule has 0 saturated carbocycles. The van der Waals surface area contributed by atoms with Crippen molar-refractivity contribution in [2.24, 2.45) is 5.92 Å². The van der Waals surface area contributed by atoms with Crippen LogP contribution in [0.2, 0.25) is 0 Å². The highest BCUT2D eigenvalue weighted by Gasteiger charge is 2.24. The lowest BCUT2D eigenvalue weighted by Gasteiger charge is -2.05. The van der Waals surface area contributed by atoms with Gasteiger partial charge in [-0.05, 0) is 38.2 Å². The van der Waals surface area contributed by atoms with Crippen molar-refractivity contribution >= 4 is 0 Å². The third-order valence-corrected chi connectivity index (χ3v) is 2.84. The first kappa shape index (κ1) is 8.42. The Morgan fingerprint density at radius 1 is 1.46 bits per heavy atom. The number of hydrogen-bond acceptors (Lipinski definition) is 2. The van der Waals surface area contributed by atoms with Gasteiger partial charge in [0.25, 0.3) is 0 Å². The summed E-state index contributed by atoms with van der Waals surface area (Å²) in [5.41, 5.74) is 4.96. The highest BCUT2D eigenvalue weighted by atomic mass is 14.8. The molecule has 2 heteroatoms. The summed E-state index contributed by atoms with van der Waals surface area (Å²) in [6.45, 7) is 8.16. The predicted octanol–water partition coefficient (Wildman–Crippen LogP) is 2.08. The summed E-state index contributed by atoms with van der Waals surface area (Å²) < 4.78 is 0. The Kier molecular flexibility index (Phi) is 1.91. The molecule has 0 aromatic carbocycles. The van der Waals surface area contributed by atoms with E-state index in [9.17, 15) is 0 Å². The normalized spacial score (nSPS) is 20.0. The van der Waals surface area contributed by atoms with Crippen LogP contribution in [0.5, 0.6) is 0 Å².